The van der Waals surface area contributed by atoms with Crippen LogP contribution in [0.15, 0.2) is 53.8 Å². The van der Waals surface area contributed by atoms with Gasteiger partial charge in [-0.3, -0.25) is 14.3 Å². The molecule has 0 fully saturated rings. The average molecular weight is 440 g/mol. The molecule has 0 amide bonds. The predicted molar refractivity (Wildman–Crippen MR) is 130 cm³/mol. The van der Waals surface area contributed by atoms with Crippen LogP contribution in [0.4, 0.5) is 5.82 Å². The van der Waals surface area contributed by atoms with E-state index in [2.05, 4.69) is 33.3 Å². The van der Waals surface area contributed by atoms with Crippen LogP contribution in [0, 0.1) is 13.8 Å². The lowest BCUT2D eigenvalue weighted by molar-refractivity contribution is 0.658. The first-order valence-corrected chi connectivity index (χ1v) is 11.0. The Morgan fingerprint density at radius 3 is 2.67 bits per heavy atom. The van der Waals surface area contributed by atoms with Crippen molar-refractivity contribution in [2.45, 2.75) is 33.7 Å². The van der Waals surface area contributed by atoms with Crippen LogP contribution in [0.1, 0.15) is 29.4 Å². The summed E-state index contributed by atoms with van der Waals surface area (Å²) in [6, 6.07) is 9.90. The maximum absolute atomic E-state index is 13.8. The number of fused-ring (bicyclic) bond motifs is 2. The number of rotatable bonds is 5. The van der Waals surface area contributed by atoms with E-state index in [0.29, 0.717) is 11.9 Å². The fourth-order valence-electron chi connectivity index (χ4n) is 4.44. The predicted octanol–water partition coefficient (Wildman–Crippen LogP) is 3.79. The second kappa shape index (κ2) is 8.12. The molecule has 1 aromatic carbocycles. The van der Waals surface area contributed by atoms with Crippen molar-refractivity contribution in [3.8, 4) is 5.69 Å². The van der Waals surface area contributed by atoms with Gasteiger partial charge in [-0.05, 0) is 48.9 Å². The van der Waals surface area contributed by atoms with E-state index in [1.807, 2.05) is 49.8 Å². The zero-order chi connectivity index (χ0) is 23.1. The third kappa shape index (κ3) is 3.34. The van der Waals surface area contributed by atoms with E-state index in [-0.39, 0.29) is 5.56 Å². The smallest absolute Gasteiger partial charge is 0.263 e. The van der Waals surface area contributed by atoms with Crippen LogP contribution in [0.5, 0.6) is 0 Å². The summed E-state index contributed by atoms with van der Waals surface area (Å²) in [4.78, 5) is 27.0. The van der Waals surface area contributed by atoms with Gasteiger partial charge in [-0.25, -0.2) is 14.6 Å². The minimum Gasteiger partial charge on any atom is -0.372 e. The minimum absolute atomic E-state index is 0.0607. The molecule has 0 aliphatic heterocycles. The van der Waals surface area contributed by atoms with Gasteiger partial charge in [-0.15, -0.1) is 0 Å². The van der Waals surface area contributed by atoms with E-state index in [4.69, 9.17) is 5.10 Å². The molecular formula is C25H25N7O. The summed E-state index contributed by atoms with van der Waals surface area (Å²) in [6.45, 7) is 6.39. The standard InChI is InChI=1S/C25H25N7O/c1-5-19-22-23(26-4)28-14-29-24(22)31(30-19)13-18-11-17-8-6-7-16(3)21(17)25(33)32(18)20-12-27-10-9-15(20)2/h6-12,14H,5,13H2,1-4H3,(H,26,28,29). The van der Waals surface area contributed by atoms with Crippen molar-refractivity contribution in [2.24, 2.45) is 0 Å². The highest BCUT2D eigenvalue weighted by molar-refractivity contribution is 5.89. The van der Waals surface area contributed by atoms with Crippen LogP contribution in [-0.4, -0.2) is 36.3 Å². The van der Waals surface area contributed by atoms with Crippen LogP contribution < -0.4 is 10.9 Å². The summed E-state index contributed by atoms with van der Waals surface area (Å²) < 4.78 is 3.62. The van der Waals surface area contributed by atoms with Crippen molar-refractivity contribution in [3.05, 3.63) is 81.9 Å². The Morgan fingerprint density at radius 2 is 1.91 bits per heavy atom. The van der Waals surface area contributed by atoms with Crippen molar-refractivity contribution < 1.29 is 0 Å². The second-order valence-corrected chi connectivity index (χ2v) is 8.11. The quantitative estimate of drug-likeness (QED) is 0.448. The molecular weight excluding hydrogens is 414 g/mol. The first kappa shape index (κ1) is 20.8. The molecule has 0 aliphatic rings. The summed E-state index contributed by atoms with van der Waals surface area (Å²) in [5, 5.41) is 10.5. The Labute approximate surface area is 191 Å². The van der Waals surface area contributed by atoms with E-state index >= 15 is 0 Å². The number of anilines is 1. The van der Waals surface area contributed by atoms with Crippen LogP contribution in [0.2, 0.25) is 0 Å². The lowest BCUT2D eigenvalue weighted by Gasteiger charge is -2.17. The van der Waals surface area contributed by atoms with Crippen molar-refractivity contribution in [1.82, 2.24) is 29.3 Å². The van der Waals surface area contributed by atoms with Gasteiger partial charge in [-0.2, -0.15) is 5.10 Å². The van der Waals surface area contributed by atoms with E-state index in [1.165, 1.54) is 6.33 Å². The van der Waals surface area contributed by atoms with Gasteiger partial charge in [0.15, 0.2) is 5.65 Å². The molecule has 0 spiro atoms. The molecule has 8 nitrogen and oxygen atoms in total. The Hall–Kier alpha value is -4.07. The number of nitrogens with zero attached hydrogens (tertiary/aromatic N) is 6. The summed E-state index contributed by atoms with van der Waals surface area (Å²) >= 11 is 0. The highest BCUT2D eigenvalue weighted by Gasteiger charge is 2.19. The lowest BCUT2D eigenvalue weighted by Crippen LogP contribution is -2.25. The van der Waals surface area contributed by atoms with Gasteiger partial charge in [0.1, 0.15) is 12.1 Å². The van der Waals surface area contributed by atoms with Gasteiger partial charge in [0.2, 0.25) is 0 Å². The highest BCUT2D eigenvalue weighted by Crippen LogP contribution is 2.26. The monoisotopic (exact) mass is 439 g/mol. The number of hydrogen-bond donors (Lipinski definition) is 1. The molecule has 33 heavy (non-hydrogen) atoms. The van der Waals surface area contributed by atoms with E-state index in [0.717, 1.165) is 56.9 Å². The molecule has 5 rings (SSSR count). The number of hydrogen-bond acceptors (Lipinski definition) is 6. The fraction of sp³-hybridized carbons (Fsp3) is 0.240. The highest BCUT2D eigenvalue weighted by atomic mass is 16.1. The maximum Gasteiger partial charge on any atom is 0.263 e. The molecule has 166 valence electrons. The first-order chi connectivity index (χ1) is 16.0. The van der Waals surface area contributed by atoms with Gasteiger partial charge in [0.25, 0.3) is 5.56 Å². The molecule has 4 aromatic heterocycles. The number of aryl methyl sites for hydroxylation is 3. The molecule has 0 saturated carbocycles. The Kier molecular flexibility index (Phi) is 5.12. The van der Waals surface area contributed by atoms with Crippen molar-refractivity contribution >= 4 is 27.6 Å². The van der Waals surface area contributed by atoms with Crippen LogP contribution in [0.25, 0.3) is 27.5 Å². The fourth-order valence-corrected chi connectivity index (χ4v) is 4.44. The lowest BCUT2D eigenvalue weighted by atomic mass is 10.1. The zero-order valence-corrected chi connectivity index (χ0v) is 19.1. The summed E-state index contributed by atoms with van der Waals surface area (Å²) in [5.41, 5.74) is 5.08. The van der Waals surface area contributed by atoms with Crippen LogP contribution in [0.3, 0.4) is 0 Å². The largest absolute Gasteiger partial charge is 0.372 e. The number of nitrogens with one attached hydrogen (secondary N) is 1. The molecule has 0 saturated heterocycles. The summed E-state index contributed by atoms with van der Waals surface area (Å²) in [5.74, 6) is 0.748. The molecule has 8 heteroatoms. The first-order valence-electron chi connectivity index (χ1n) is 11.0. The number of aromatic nitrogens is 6. The topological polar surface area (TPSA) is 90.5 Å². The summed E-state index contributed by atoms with van der Waals surface area (Å²) in [7, 11) is 1.84. The Bertz CT molecular complexity index is 1570. The van der Waals surface area contributed by atoms with Gasteiger partial charge in [-0.1, -0.05) is 25.1 Å². The van der Waals surface area contributed by atoms with Crippen LogP contribution in [-0.2, 0) is 13.0 Å². The summed E-state index contributed by atoms with van der Waals surface area (Å²) in [6.07, 6.45) is 5.76. The second-order valence-electron chi connectivity index (χ2n) is 8.11. The number of pyridine rings is 2. The molecule has 0 atom stereocenters. The van der Waals surface area contributed by atoms with Gasteiger partial charge in [0.05, 0.1) is 34.9 Å². The average Bonchev–Trinajstić information content (AvgIpc) is 3.18. The molecule has 1 N–H and O–H groups in total. The van der Waals surface area contributed by atoms with E-state index in [9.17, 15) is 4.79 Å². The van der Waals surface area contributed by atoms with E-state index < -0.39 is 0 Å². The van der Waals surface area contributed by atoms with Crippen molar-refractivity contribution in [1.29, 1.82) is 0 Å². The van der Waals surface area contributed by atoms with Gasteiger partial charge in [0, 0.05) is 18.9 Å². The molecule has 0 bridgehead atoms. The zero-order valence-electron chi connectivity index (χ0n) is 19.1. The van der Waals surface area contributed by atoms with E-state index in [1.54, 1.807) is 17.0 Å². The minimum atomic E-state index is -0.0607. The van der Waals surface area contributed by atoms with Gasteiger partial charge < -0.3 is 5.32 Å². The van der Waals surface area contributed by atoms with Crippen molar-refractivity contribution in [2.75, 3.05) is 12.4 Å². The SMILES string of the molecule is CCc1nn(Cc2cc3cccc(C)c3c(=O)n2-c2cnccc2C)c2ncnc(NC)c12. The Morgan fingerprint density at radius 1 is 1.06 bits per heavy atom. The van der Waals surface area contributed by atoms with Crippen LogP contribution >= 0.6 is 0 Å². The third-order valence-electron chi connectivity index (χ3n) is 6.07. The Balaban J connectivity index is 1.80. The molecule has 0 unspecified atom stereocenters. The molecule has 4 heterocycles. The normalized spacial score (nSPS) is 11.4. The van der Waals surface area contributed by atoms with Gasteiger partial charge >= 0.3 is 0 Å². The molecule has 5 aromatic rings. The van der Waals surface area contributed by atoms with Crippen molar-refractivity contribution in [3.63, 3.8) is 0 Å². The molecule has 0 aliphatic carbocycles. The third-order valence-corrected chi connectivity index (χ3v) is 6.07. The molecule has 0 radical (unpaired) electrons. The maximum atomic E-state index is 13.8. The number of benzene rings is 1.